The molecule has 0 aromatic heterocycles. The van der Waals surface area contributed by atoms with Gasteiger partial charge in [0, 0.05) is 0 Å². The van der Waals surface area contributed by atoms with Gasteiger partial charge in [-0.1, -0.05) is 0 Å². The van der Waals surface area contributed by atoms with Crippen molar-refractivity contribution in [1.82, 2.24) is 0 Å². The second-order valence-electron chi connectivity index (χ2n) is 3.92. The largest absolute Gasteiger partial charge is 1.00 e. The maximum atomic E-state index is 10.4. The van der Waals surface area contributed by atoms with Crippen LogP contribution in [0.3, 0.4) is 0 Å². The summed E-state index contributed by atoms with van der Waals surface area (Å²) in [7, 11) is -10.6. The molecule has 0 amide bonds. The molecule has 0 saturated carbocycles. The van der Waals surface area contributed by atoms with E-state index in [4.69, 9.17) is 4.89 Å². The van der Waals surface area contributed by atoms with E-state index in [0.717, 1.165) is 0 Å². The van der Waals surface area contributed by atoms with E-state index in [0.29, 0.717) is 0 Å². The normalized spacial score (nSPS) is 32.9. The number of aliphatic hydroxyl groups is 3. The van der Waals surface area contributed by atoms with Gasteiger partial charge in [-0.2, -0.15) is 0 Å². The minimum atomic E-state index is -5.37. The van der Waals surface area contributed by atoms with E-state index in [1.54, 1.807) is 0 Å². The van der Waals surface area contributed by atoms with Crippen LogP contribution in [0.4, 0.5) is 0 Å². The third kappa shape index (κ3) is 10.8. The first-order valence-corrected chi connectivity index (χ1v) is 7.91. The van der Waals surface area contributed by atoms with Crippen LogP contribution in [0.25, 0.3) is 0 Å². The molecule has 0 spiro atoms. The molecule has 4 N–H and O–H groups in total. The fourth-order valence-electron chi connectivity index (χ4n) is 1.46. The van der Waals surface area contributed by atoms with Crippen molar-refractivity contribution in [2.24, 2.45) is 0 Å². The summed E-state index contributed by atoms with van der Waals surface area (Å²) in [5.74, 6) is -2.74. The van der Waals surface area contributed by atoms with Gasteiger partial charge in [-0.15, -0.1) is 0 Å². The van der Waals surface area contributed by atoms with Gasteiger partial charge in [0.2, 0.25) is 5.79 Å². The van der Waals surface area contributed by atoms with Crippen molar-refractivity contribution in [3.05, 3.63) is 0 Å². The maximum absolute atomic E-state index is 10.4. The van der Waals surface area contributed by atoms with Crippen molar-refractivity contribution in [2.45, 2.75) is 24.1 Å². The smallest absolute Gasteiger partial charge is 0.790 e. The van der Waals surface area contributed by atoms with Crippen molar-refractivity contribution in [2.75, 3.05) is 13.2 Å². The molecule has 1 aliphatic rings. The van der Waals surface area contributed by atoms with Crippen molar-refractivity contribution in [1.29, 1.82) is 0 Å². The molecular weight excluding hydrogens is 395 g/mol. The summed E-state index contributed by atoms with van der Waals surface area (Å²) in [6, 6.07) is 0. The van der Waals surface area contributed by atoms with Gasteiger partial charge >= 0.3 is 88.7 Å². The van der Waals surface area contributed by atoms with Gasteiger partial charge in [-0.3, -0.25) is 4.57 Å². The zero-order valence-electron chi connectivity index (χ0n) is 12.6. The molecule has 0 aromatic rings. The monoisotopic (exact) mass is 406 g/mol. The molecule has 1 aliphatic heterocycles. The molecule has 0 aromatic carbocycles. The van der Waals surface area contributed by atoms with Crippen LogP contribution in [0.1, 0.15) is 0 Å². The number of aliphatic hydroxyl groups excluding tert-OH is 2. The van der Waals surface area contributed by atoms with Gasteiger partial charge in [-0.05, 0) is 0 Å². The van der Waals surface area contributed by atoms with Gasteiger partial charge in [-0.25, -0.2) is 0 Å². The molecule has 12 nitrogen and oxygen atoms in total. The van der Waals surface area contributed by atoms with E-state index in [9.17, 15) is 39.1 Å². The van der Waals surface area contributed by atoms with Gasteiger partial charge in [0.25, 0.3) is 7.82 Å². The zero-order chi connectivity index (χ0) is 15.8. The van der Waals surface area contributed by atoms with Crippen molar-refractivity contribution in [3.63, 3.8) is 0 Å². The molecule has 1 heterocycles. The summed E-state index contributed by atoms with van der Waals surface area (Å²) < 4.78 is 32.8. The number of hydrogen-bond acceptors (Lipinski definition) is 11. The number of phosphoric ester groups is 2. The Bertz CT molecular complexity index is 441. The van der Waals surface area contributed by atoms with Crippen LogP contribution in [-0.2, 0) is 22.9 Å². The Balaban J connectivity index is -0.00000133. The van der Waals surface area contributed by atoms with Gasteiger partial charge < -0.3 is 53.2 Å². The number of phosphoric acid groups is 2. The standard InChI is InChI=1S/C6H14O12P2.3Na/c7-4-3(1-16-19(10,11)12)18-6(9,5(4)8)2-17-20(13,14)15;;;/h3-5,7-9H,1-2H2,(H2,10,11,12)(H2,13,14,15);;;/q;3*+1/p-3/t3-,4+,5-,6-;;;/m1.../s1. The van der Waals surface area contributed by atoms with E-state index in [1.165, 1.54) is 0 Å². The molecule has 0 bridgehead atoms. The fourth-order valence-corrected chi connectivity index (χ4v) is 2.14. The van der Waals surface area contributed by atoms with E-state index in [-0.39, 0.29) is 88.7 Å². The van der Waals surface area contributed by atoms with Crippen LogP contribution in [0.2, 0.25) is 0 Å². The minimum absolute atomic E-state index is 0. The van der Waals surface area contributed by atoms with Gasteiger partial charge in [0.05, 0.1) is 14.4 Å². The third-order valence-corrected chi connectivity index (χ3v) is 3.27. The first-order valence-electron chi connectivity index (χ1n) is 4.95. The van der Waals surface area contributed by atoms with Gasteiger partial charge in [0.1, 0.15) is 24.9 Å². The molecule has 0 aliphatic carbocycles. The SMILES string of the molecule is O=P([O-])([O-])OC[C@H]1O[C@](O)(COP(=O)([O-])O)[C@H](O)[C@H]1O.[Na+].[Na+].[Na+]. The number of ether oxygens (including phenoxy) is 1. The van der Waals surface area contributed by atoms with Gasteiger partial charge in [0.15, 0.2) is 0 Å². The van der Waals surface area contributed by atoms with E-state index in [1.807, 2.05) is 0 Å². The number of rotatable bonds is 6. The quantitative estimate of drug-likeness (QED) is 0.239. The maximum Gasteiger partial charge on any atom is 1.00 e. The van der Waals surface area contributed by atoms with Crippen LogP contribution < -0.4 is 103 Å². The van der Waals surface area contributed by atoms with E-state index < -0.39 is 53.0 Å². The van der Waals surface area contributed by atoms with E-state index >= 15 is 0 Å². The minimum Gasteiger partial charge on any atom is -0.790 e. The molecule has 1 rings (SSSR count). The molecule has 17 heteroatoms. The Kier molecular flexibility index (Phi) is 15.8. The molecule has 5 atom stereocenters. The first kappa shape index (κ1) is 30.8. The predicted octanol–water partition coefficient (Wildman–Crippen LogP) is -13.9. The Morgan fingerprint density at radius 1 is 1.09 bits per heavy atom. The van der Waals surface area contributed by atoms with Crippen LogP contribution in [0, 0.1) is 0 Å². The second-order valence-corrected chi connectivity index (χ2v) is 6.27. The molecule has 1 fully saturated rings. The van der Waals surface area contributed by atoms with Crippen LogP contribution in [-0.4, -0.2) is 57.5 Å². The average Bonchev–Trinajstić information content (AvgIpc) is 2.48. The second kappa shape index (κ2) is 11.8. The third-order valence-electron chi connectivity index (χ3n) is 2.35. The fraction of sp³-hybridized carbons (Fsp3) is 1.00. The molecule has 23 heavy (non-hydrogen) atoms. The molecule has 1 saturated heterocycles. The molecule has 120 valence electrons. The Labute approximate surface area is 197 Å². The summed E-state index contributed by atoms with van der Waals surface area (Å²) in [6.45, 7) is -2.29. The molecule has 1 unspecified atom stereocenters. The van der Waals surface area contributed by atoms with Crippen molar-refractivity contribution in [3.8, 4) is 0 Å². The Hall–Kier alpha value is 3.06. The predicted molar refractivity (Wildman–Crippen MR) is 51.2 cm³/mol. The van der Waals surface area contributed by atoms with E-state index in [2.05, 4.69) is 13.8 Å². The summed E-state index contributed by atoms with van der Waals surface area (Å²) in [5.41, 5.74) is 0. The summed E-state index contributed by atoms with van der Waals surface area (Å²) >= 11 is 0. The van der Waals surface area contributed by atoms with Crippen molar-refractivity contribution >= 4 is 15.6 Å². The topological polar surface area (TPSA) is 212 Å². The molecular formula is C6H11Na3O12P2. The number of hydrogen-bond donors (Lipinski definition) is 4. The molecule has 0 radical (unpaired) electrons. The van der Waals surface area contributed by atoms with Crippen LogP contribution >= 0.6 is 15.6 Å². The first-order chi connectivity index (χ1) is 8.84. The van der Waals surface area contributed by atoms with Crippen molar-refractivity contribution < 1.29 is 146 Å². The summed E-state index contributed by atoms with van der Waals surface area (Å²) in [5, 5.41) is 28.6. The average molecular weight is 406 g/mol. The Morgan fingerprint density at radius 3 is 1.96 bits per heavy atom. The summed E-state index contributed by atoms with van der Waals surface area (Å²) in [4.78, 5) is 39.2. The van der Waals surface area contributed by atoms with Crippen LogP contribution in [0.5, 0.6) is 0 Å². The van der Waals surface area contributed by atoms with Crippen LogP contribution in [0.15, 0.2) is 0 Å². The zero-order valence-corrected chi connectivity index (χ0v) is 20.4. The Morgan fingerprint density at radius 2 is 1.57 bits per heavy atom. The summed E-state index contributed by atoms with van der Waals surface area (Å²) in [6.07, 6.45) is -5.63.